The number of nitrogens with zero attached hydrogens (tertiary/aromatic N) is 3. The van der Waals surface area contributed by atoms with Crippen molar-refractivity contribution in [3.63, 3.8) is 0 Å². The smallest absolute Gasteiger partial charge is 0.320 e. The molecule has 0 aliphatic carbocycles. The van der Waals surface area contributed by atoms with Crippen molar-refractivity contribution in [2.24, 2.45) is 7.05 Å². The summed E-state index contributed by atoms with van der Waals surface area (Å²) < 4.78 is 1.80. The van der Waals surface area contributed by atoms with E-state index < -0.39 is 12.0 Å². The van der Waals surface area contributed by atoms with Gasteiger partial charge in [-0.15, -0.1) is 0 Å². The summed E-state index contributed by atoms with van der Waals surface area (Å²) in [6, 6.07) is -0.431. The zero-order chi connectivity index (χ0) is 12.3. The van der Waals surface area contributed by atoms with Gasteiger partial charge in [0.05, 0.1) is 6.20 Å². The third-order valence-electron chi connectivity index (χ3n) is 2.96. The molecule has 5 heteroatoms. The normalized spacial score (nSPS) is 13.1. The molecule has 0 bridgehead atoms. The molecule has 0 fully saturated rings. The van der Waals surface area contributed by atoms with Crippen LogP contribution in [-0.4, -0.2) is 38.8 Å². The van der Waals surface area contributed by atoms with Gasteiger partial charge in [0.2, 0.25) is 0 Å². The summed E-state index contributed by atoms with van der Waals surface area (Å²) in [6.45, 7) is 4.48. The van der Waals surface area contributed by atoms with Crippen LogP contribution in [-0.2, 0) is 18.4 Å². The molecule has 0 aliphatic rings. The molecule has 0 saturated heterocycles. The summed E-state index contributed by atoms with van der Waals surface area (Å²) in [5.41, 5.74) is 2.15. The van der Waals surface area contributed by atoms with Crippen LogP contribution < -0.4 is 0 Å². The van der Waals surface area contributed by atoms with E-state index in [9.17, 15) is 4.79 Å². The first-order valence-corrected chi connectivity index (χ1v) is 5.37. The second kappa shape index (κ2) is 5.12. The second-order valence-electron chi connectivity index (χ2n) is 4.06. The highest BCUT2D eigenvalue weighted by atomic mass is 16.4. The lowest BCUT2D eigenvalue weighted by atomic mass is 10.1. The Morgan fingerprint density at radius 1 is 1.69 bits per heavy atom. The second-order valence-corrected chi connectivity index (χ2v) is 4.06. The molecular formula is C11H19N3O2. The van der Waals surface area contributed by atoms with Gasteiger partial charge in [0.25, 0.3) is 0 Å². The topological polar surface area (TPSA) is 58.4 Å². The van der Waals surface area contributed by atoms with Gasteiger partial charge in [0.15, 0.2) is 0 Å². The van der Waals surface area contributed by atoms with Gasteiger partial charge in [-0.05, 0) is 20.4 Å². The molecule has 90 valence electrons. The summed E-state index contributed by atoms with van der Waals surface area (Å²) in [7, 11) is 3.71. The number of hydrogen-bond donors (Lipinski definition) is 1. The van der Waals surface area contributed by atoms with Gasteiger partial charge >= 0.3 is 5.97 Å². The van der Waals surface area contributed by atoms with E-state index in [1.165, 1.54) is 0 Å². The van der Waals surface area contributed by atoms with Gasteiger partial charge in [-0.1, -0.05) is 6.92 Å². The quantitative estimate of drug-likeness (QED) is 0.813. The molecule has 0 saturated carbocycles. The Morgan fingerprint density at radius 3 is 2.69 bits per heavy atom. The number of likely N-dealkylation sites (N-methyl/N-ethyl adjacent to an activating group) is 1. The molecular weight excluding hydrogens is 206 g/mol. The molecule has 1 unspecified atom stereocenters. The summed E-state index contributed by atoms with van der Waals surface area (Å²) in [5, 5.41) is 13.2. The molecule has 16 heavy (non-hydrogen) atoms. The lowest BCUT2D eigenvalue weighted by Crippen LogP contribution is -2.37. The van der Waals surface area contributed by atoms with Gasteiger partial charge < -0.3 is 5.11 Å². The van der Waals surface area contributed by atoms with Crippen molar-refractivity contribution in [2.45, 2.75) is 32.9 Å². The van der Waals surface area contributed by atoms with Crippen LogP contribution in [0.2, 0.25) is 0 Å². The third kappa shape index (κ3) is 2.61. The maximum Gasteiger partial charge on any atom is 0.320 e. The lowest BCUT2D eigenvalue weighted by molar-refractivity contribution is -0.143. The molecule has 0 amide bonds. The Labute approximate surface area is 95.7 Å². The van der Waals surface area contributed by atoms with E-state index in [-0.39, 0.29) is 0 Å². The molecule has 1 N–H and O–H groups in total. The van der Waals surface area contributed by atoms with E-state index in [4.69, 9.17) is 5.11 Å². The first kappa shape index (κ1) is 12.7. The van der Waals surface area contributed by atoms with Crippen molar-refractivity contribution >= 4 is 5.97 Å². The summed E-state index contributed by atoms with van der Waals surface area (Å²) >= 11 is 0. The fourth-order valence-corrected chi connectivity index (χ4v) is 1.75. The number of hydrogen-bond acceptors (Lipinski definition) is 3. The van der Waals surface area contributed by atoms with Crippen molar-refractivity contribution in [1.82, 2.24) is 14.7 Å². The maximum atomic E-state index is 11.0. The average molecular weight is 225 g/mol. The van der Waals surface area contributed by atoms with Gasteiger partial charge in [-0.25, -0.2) is 0 Å². The molecule has 5 nitrogen and oxygen atoms in total. The summed E-state index contributed by atoms with van der Waals surface area (Å²) in [4.78, 5) is 12.8. The summed E-state index contributed by atoms with van der Waals surface area (Å²) in [5.74, 6) is -0.772. The van der Waals surface area contributed by atoms with Crippen molar-refractivity contribution in [3.8, 4) is 0 Å². The van der Waals surface area contributed by atoms with Crippen LogP contribution in [0.25, 0.3) is 0 Å². The average Bonchev–Trinajstić information content (AvgIpc) is 2.50. The monoisotopic (exact) mass is 225 g/mol. The molecule has 1 aromatic heterocycles. The van der Waals surface area contributed by atoms with Crippen LogP contribution in [0.3, 0.4) is 0 Å². The molecule has 0 radical (unpaired) electrons. The highest BCUT2D eigenvalue weighted by Crippen LogP contribution is 2.12. The lowest BCUT2D eigenvalue weighted by Gasteiger charge is -2.23. The minimum absolute atomic E-state index is 0.431. The van der Waals surface area contributed by atoms with Crippen molar-refractivity contribution in [2.75, 3.05) is 7.05 Å². The Bertz CT molecular complexity index is 373. The van der Waals surface area contributed by atoms with Gasteiger partial charge in [-0.2, -0.15) is 5.10 Å². The van der Waals surface area contributed by atoms with E-state index in [0.717, 1.165) is 11.3 Å². The standard InChI is InChI=1S/C11H19N3O2/c1-5-10(11(15)16)13(3)7-9-6-12-14(4)8(9)2/h6,10H,5,7H2,1-4H3,(H,15,16). The van der Waals surface area contributed by atoms with Gasteiger partial charge in [0, 0.05) is 24.8 Å². The highest BCUT2D eigenvalue weighted by molar-refractivity contribution is 5.73. The maximum absolute atomic E-state index is 11.0. The Balaban J connectivity index is 2.73. The minimum atomic E-state index is -0.772. The number of aliphatic carboxylic acids is 1. The third-order valence-corrected chi connectivity index (χ3v) is 2.96. The number of aryl methyl sites for hydroxylation is 1. The molecule has 1 heterocycles. The molecule has 1 rings (SSSR count). The molecule has 1 aromatic rings. The van der Waals surface area contributed by atoms with E-state index in [1.807, 2.05) is 32.8 Å². The van der Waals surface area contributed by atoms with Crippen molar-refractivity contribution in [1.29, 1.82) is 0 Å². The van der Waals surface area contributed by atoms with Crippen molar-refractivity contribution < 1.29 is 9.90 Å². The predicted octanol–water partition coefficient (Wildman–Crippen LogP) is 1.02. The number of aromatic nitrogens is 2. The van der Waals surface area contributed by atoms with Gasteiger partial charge in [-0.3, -0.25) is 14.4 Å². The van der Waals surface area contributed by atoms with Crippen LogP contribution in [0.1, 0.15) is 24.6 Å². The van der Waals surface area contributed by atoms with E-state index >= 15 is 0 Å². The fraction of sp³-hybridized carbons (Fsp3) is 0.636. The van der Waals surface area contributed by atoms with E-state index in [2.05, 4.69) is 5.10 Å². The first-order chi connectivity index (χ1) is 7.47. The number of carboxylic acids is 1. The molecule has 0 aliphatic heterocycles. The molecule has 0 aromatic carbocycles. The zero-order valence-electron chi connectivity index (χ0n) is 10.3. The number of carbonyl (C=O) groups is 1. The molecule has 0 spiro atoms. The Morgan fingerprint density at radius 2 is 2.31 bits per heavy atom. The number of rotatable bonds is 5. The van der Waals surface area contributed by atoms with Gasteiger partial charge in [0.1, 0.15) is 6.04 Å². The highest BCUT2D eigenvalue weighted by Gasteiger charge is 2.21. The molecule has 1 atom stereocenters. The largest absolute Gasteiger partial charge is 0.480 e. The first-order valence-electron chi connectivity index (χ1n) is 5.37. The zero-order valence-corrected chi connectivity index (χ0v) is 10.3. The number of carboxylic acid groups (broad SMARTS) is 1. The van der Waals surface area contributed by atoms with E-state index in [1.54, 1.807) is 10.9 Å². The van der Waals surface area contributed by atoms with Crippen molar-refractivity contribution in [3.05, 3.63) is 17.5 Å². The SMILES string of the molecule is CCC(C(=O)O)N(C)Cc1cnn(C)c1C. The van der Waals surface area contributed by atoms with Crippen LogP contribution in [0.5, 0.6) is 0 Å². The predicted molar refractivity (Wildman–Crippen MR) is 61.1 cm³/mol. The summed E-state index contributed by atoms with van der Waals surface area (Å²) in [6.07, 6.45) is 2.39. The Kier molecular flexibility index (Phi) is 4.06. The minimum Gasteiger partial charge on any atom is -0.480 e. The van der Waals surface area contributed by atoms with Crippen LogP contribution in [0, 0.1) is 6.92 Å². The van der Waals surface area contributed by atoms with Crippen LogP contribution in [0.15, 0.2) is 6.20 Å². The van der Waals surface area contributed by atoms with Crippen LogP contribution in [0.4, 0.5) is 0 Å². The van der Waals surface area contributed by atoms with Crippen LogP contribution >= 0.6 is 0 Å². The Hall–Kier alpha value is -1.36. The van der Waals surface area contributed by atoms with E-state index in [0.29, 0.717) is 13.0 Å². The fourth-order valence-electron chi connectivity index (χ4n) is 1.75.